The smallest absolute Gasteiger partial charge is 0.331 e. The summed E-state index contributed by atoms with van der Waals surface area (Å²) in [6, 6.07) is 9.81. The summed E-state index contributed by atoms with van der Waals surface area (Å²) < 4.78 is 56.9. The summed E-state index contributed by atoms with van der Waals surface area (Å²) in [6.07, 6.45) is -4.04. The van der Waals surface area contributed by atoms with E-state index in [4.69, 9.17) is 0 Å². The third-order valence-electron chi connectivity index (χ3n) is 6.34. The second kappa shape index (κ2) is 7.95. The van der Waals surface area contributed by atoms with E-state index in [0.29, 0.717) is 30.6 Å². The van der Waals surface area contributed by atoms with Crippen LogP contribution in [0.2, 0.25) is 0 Å². The fraction of sp³-hybridized carbons (Fsp3) is 0.348. The Kier molecular flexibility index (Phi) is 5.19. The van der Waals surface area contributed by atoms with Gasteiger partial charge in [-0.05, 0) is 48.7 Å². The van der Waals surface area contributed by atoms with E-state index in [1.54, 1.807) is 30.0 Å². The van der Waals surface area contributed by atoms with Gasteiger partial charge in [0.1, 0.15) is 5.82 Å². The lowest BCUT2D eigenvalue weighted by molar-refractivity contribution is -0.159. The molecule has 5 rings (SSSR count). The summed E-state index contributed by atoms with van der Waals surface area (Å²) in [5.74, 6) is -2.25. The fourth-order valence-corrected chi connectivity index (χ4v) is 4.58. The van der Waals surface area contributed by atoms with Crippen LogP contribution < -0.4 is 5.32 Å². The standard InChI is InChI=1S/C23H20F4N4O2/c1-12-2-3-13(9-18(12)24)17-10-28-7-6-19(17)31-11-15-5-4-14(8-16(15)21(31)32)20-29-22(33-30-20)23(25,26)27/h2-5,8-9,17,19,28H,6-7,10-11H2,1H3/t17-,19?/m0/s1. The van der Waals surface area contributed by atoms with Gasteiger partial charge in [-0.2, -0.15) is 18.2 Å². The van der Waals surface area contributed by atoms with E-state index in [0.717, 1.165) is 17.7 Å². The van der Waals surface area contributed by atoms with Crippen molar-refractivity contribution in [3.8, 4) is 11.4 Å². The summed E-state index contributed by atoms with van der Waals surface area (Å²) >= 11 is 0. The summed E-state index contributed by atoms with van der Waals surface area (Å²) in [4.78, 5) is 18.5. The summed E-state index contributed by atoms with van der Waals surface area (Å²) in [5.41, 5.74) is 2.83. The topological polar surface area (TPSA) is 71.3 Å². The first-order valence-corrected chi connectivity index (χ1v) is 10.5. The first-order chi connectivity index (χ1) is 15.7. The average Bonchev–Trinajstić information content (AvgIpc) is 3.41. The van der Waals surface area contributed by atoms with Gasteiger partial charge in [0, 0.05) is 36.2 Å². The number of nitrogens with zero attached hydrogens (tertiary/aromatic N) is 3. The third-order valence-corrected chi connectivity index (χ3v) is 6.34. The number of benzene rings is 2. The number of alkyl halides is 3. The molecule has 0 aliphatic carbocycles. The number of hydrogen-bond donors (Lipinski definition) is 1. The van der Waals surface area contributed by atoms with Crippen molar-refractivity contribution in [2.45, 2.75) is 38.0 Å². The molecule has 1 saturated heterocycles. The predicted molar refractivity (Wildman–Crippen MR) is 110 cm³/mol. The molecule has 1 amide bonds. The third kappa shape index (κ3) is 3.88. The molecule has 1 unspecified atom stereocenters. The normalized spacial score (nSPS) is 20.9. The van der Waals surface area contributed by atoms with E-state index < -0.39 is 12.1 Å². The van der Waals surface area contributed by atoms with Crippen molar-refractivity contribution in [3.05, 3.63) is 70.4 Å². The van der Waals surface area contributed by atoms with Crippen molar-refractivity contribution in [3.63, 3.8) is 0 Å². The zero-order chi connectivity index (χ0) is 23.3. The van der Waals surface area contributed by atoms with Crippen LogP contribution in [0.4, 0.5) is 17.6 Å². The molecule has 3 aromatic rings. The Bertz CT molecular complexity index is 1220. The molecular formula is C23H20F4N4O2. The number of aryl methyl sites for hydroxylation is 1. The lowest BCUT2D eigenvalue weighted by Gasteiger charge is -2.38. The van der Waals surface area contributed by atoms with Crippen LogP contribution in [0.1, 0.15) is 45.3 Å². The van der Waals surface area contributed by atoms with E-state index >= 15 is 0 Å². The van der Waals surface area contributed by atoms with Gasteiger partial charge in [-0.1, -0.05) is 29.4 Å². The van der Waals surface area contributed by atoms with Gasteiger partial charge in [0.25, 0.3) is 5.91 Å². The fourth-order valence-electron chi connectivity index (χ4n) is 4.58. The highest BCUT2D eigenvalue weighted by Gasteiger charge is 2.40. The maximum absolute atomic E-state index is 14.2. The molecule has 1 fully saturated rings. The lowest BCUT2D eigenvalue weighted by atomic mass is 9.85. The molecule has 0 radical (unpaired) electrons. The number of piperidine rings is 1. The van der Waals surface area contributed by atoms with E-state index in [-0.39, 0.29) is 35.1 Å². The highest BCUT2D eigenvalue weighted by Crippen LogP contribution is 2.36. The van der Waals surface area contributed by atoms with Crippen molar-refractivity contribution >= 4 is 5.91 Å². The van der Waals surface area contributed by atoms with Gasteiger partial charge in [0.2, 0.25) is 5.82 Å². The highest BCUT2D eigenvalue weighted by molar-refractivity contribution is 5.99. The van der Waals surface area contributed by atoms with E-state index in [9.17, 15) is 22.4 Å². The first kappa shape index (κ1) is 21.6. The van der Waals surface area contributed by atoms with Gasteiger partial charge in [-0.25, -0.2) is 4.39 Å². The van der Waals surface area contributed by atoms with E-state index in [2.05, 4.69) is 20.0 Å². The molecule has 2 aliphatic rings. The minimum absolute atomic E-state index is 0.0851. The molecular weight excluding hydrogens is 440 g/mol. The molecule has 0 spiro atoms. The Morgan fingerprint density at radius 2 is 2.00 bits per heavy atom. The number of nitrogens with one attached hydrogen (secondary N) is 1. The molecule has 0 bridgehead atoms. The Morgan fingerprint density at radius 3 is 2.73 bits per heavy atom. The molecule has 172 valence electrons. The van der Waals surface area contributed by atoms with Crippen LogP contribution in [0.3, 0.4) is 0 Å². The van der Waals surface area contributed by atoms with Gasteiger partial charge in [0.15, 0.2) is 0 Å². The Balaban J connectivity index is 1.43. The number of amides is 1. The van der Waals surface area contributed by atoms with Crippen molar-refractivity contribution < 1.29 is 26.9 Å². The average molecular weight is 460 g/mol. The molecule has 1 aromatic heterocycles. The molecule has 2 aromatic carbocycles. The molecule has 0 saturated carbocycles. The molecule has 33 heavy (non-hydrogen) atoms. The highest BCUT2D eigenvalue weighted by atomic mass is 19.4. The number of fused-ring (bicyclic) bond motifs is 1. The lowest BCUT2D eigenvalue weighted by Crippen LogP contribution is -2.48. The molecule has 1 N–H and O–H groups in total. The summed E-state index contributed by atoms with van der Waals surface area (Å²) in [7, 11) is 0. The van der Waals surface area contributed by atoms with Crippen LogP contribution in [0.5, 0.6) is 0 Å². The summed E-state index contributed by atoms with van der Waals surface area (Å²) in [6.45, 7) is 3.42. The molecule has 10 heteroatoms. The first-order valence-electron chi connectivity index (χ1n) is 10.5. The van der Waals surface area contributed by atoms with Crippen LogP contribution in [0.25, 0.3) is 11.4 Å². The Morgan fingerprint density at radius 1 is 1.18 bits per heavy atom. The van der Waals surface area contributed by atoms with Gasteiger partial charge >= 0.3 is 12.1 Å². The van der Waals surface area contributed by atoms with Gasteiger partial charge in [0.05, 0.1) is 0 Å². The van der Waals surface area contributed by atoms with Crippen LogP contribution in [0, 0.1) is 12.7 Å². The SMILES string of the molecule is Cc1ccc([C@@H]2CNCCC2N2Cc3ccc(-c4noc(C(F)(F)F)n4)cc3C2=O)cc1F. The maximum atomic E-state index is 14.2. The van der Waals surface area contributed by atoms with Crippen molar-refractivity contribution in [2.75, 3.05) is 13.1 Å². The number of carbonyl (C=O) groups is 1. The van der Waals surface area contributed by atoms with Crippen LogP contribution in [0.15, 0.2) is 40.9 Å². The second-order valence-electron chi connectivity index (χ2n) is 8.40. The number of aromatic nitrogens is 2. The predicted octanol–water partition coefficient (Wildman–Crippen LogP) is 4.30. The van der Waals surface area contributed by atoms with Crippen LogP contribution >= 0.6 is 0 Å². The van der Waals surface area contributed by atoms with Crippen molar-refractivity contribution in [1.29, 1.82) is 0 Å². The maximum Gasteiger partial charge on any atom is 0.471 e. The Hall–Kier alpha value is -3.27. The second-order valence-corrected chi connectivity index (χ2v) is 8.40. The molecule has 2 atom stereocenters. The quantitative estimate of drug-likeness (QED) is 0.590. The minimum Gasteiger partial charge on any atom is -0.331 e. The number of carbonyl (C=O) groups excluding carboxylic acids is 1. The van der Waals surface area contributed by atoms with E-state index in [1.807, 2.05) is 6.07 Å². The van der Waals surface area contributed by atoms with Gasteiger partial charge in [-0.3, -0.25) is 4.79 Å². The van der Waals surface area contributed by atoms with Crippen molar-refractivity contribution in [1.82, 2.24) is 20.4 Å². The monoisotopic (exact) mass is 460 g/mol. The minimum atomic E-state index is -4.74. The zero-order valence-corrected chi connectivity index (χ0v) is 17.6. The molecule has 2 aliphatic heterocycles. The van der Waals surface area contributed by atoms with E-state index in [1.165, 1.54) is 12.1 Å². The molecule has 3 heterocycles. The summed E-state index contributed by atoms with van der Waals surface area (Å²) in [5, 5.41) is 6.73. The number of rotatable bonds is 3. The largest absolute Gasteiger partial charge is 0.471 e. The number of hydrogen-bond acceptors (Lipinski definition) is 5. The zero-order valence-electron chi connectivity index (χ0n) is 17.6. The van der Waals surface area contributed by atoms with Crippen LogP contribution in [-0.2, 0) is 12.7 Å². The van der Waals surface area contributed by atoms with Gasteiger partial charge < -0.3 is 14.7 Å². The Labute approximate surface area is 186 Å². The van der Waals surface area contributed by atoms with Crippen molar-refractivity contribution in [2.24, 2.45) is 0 Å². The molecule has 6 nitrogen and oxygen atoms in total. The van der Waals surface area contributed by atoms with Gasteiger partial charge in [-0.15, -0.1) is 0 Å². The number of halogens is 4. The van der Waals surface area contributed by atoms with Crippen LogP contribution in [-0.4, -0.2) is 40.1 Å².